The predicted octanol–water partition coefficient (Wildman–Crippen LogP) is 3.06. The summed E-state index contributed by atoms with van der Waals surface area (Å²) in [6.07, 6.45) is 0. The summed E-state index contributed by atoms with van der Waals surface area (Å²) in [6, 6.07) is 2.73. The molecule has 0 saturated heterocycles. The molecule has 2 N–H and O–H groups in total. The average molecular weight is 311 g/mol. The first-order chi connectivity index (χ1) is 9.88. The number of carbonyl (C=O) groups is 1. The predicted molar refractivity (Wildman–Crippen MR) is 74.2 cm³/mol. The van der Waals surface area contributed by atoms with Crippen LogP contribution in [0.5, 0.6) is 0 Å². The van der Waals surface area contributed by atoms with E-state index in [1.807, 2.05) is 0 Å². The Balaban J connectivity index is 2.24. The highest BCUT2D eigenvalue weighted by Gasteiger charge is 2.19. The van der Waals surface area contributed by atoms with Crippen molar-refractivity contribution in [2.24, 2.45) is 0 Å². The van der Waals surface area contributed by atoms with Gasteiger partial charge in [0.15, 0.2) is 5.69 Å². The second-order valence-electron chi connectivity index (χ2n) is 4.16. The van der Waals surface area contributed by atoms with Crippen molar-refractivity contribution in [2.75, 3.05) is 5.32 Å². The molecule has 1 atom stereocenters. The Hall–Kier alpha value is -2.55. The van der Waals surface area contributed by atoms with E-state index in [1.54, 1.807) is 6.92 Å². The fourth-order valence-corrected chi connectivity index (χ4v) is 2.46. The van der Waals surface area contributed by atoms with E-state index in [1.165, 1.54) is 11.4 Å². The summed E-state index contributed by atoms with van der Waals surface area (Å²) in [7, 11) is 0. The van der Waals surface area contributed by atoms with Crippen LogP contribution in [-0.4, -0.2) is 21.0 Å². The van der Waals surface area contributed by atoms with Crippen LogP contribution in [0.2, 0.25) is 0 Å². The van der Waals surface area contributed by atoms with Crippen LogP contribution in [0.25, 0.3) is 0 Å². The maximum Gasteiger partial charge on any atom is 0.355 e. The van der Waals surface area contributed by atoms with Crippen molar-refractivity contribution in [3.63, 3.8) is 0 Å². The van der Waals surface area contributed by atoms with Crippen molar-refractivity contribution in [1.82, 2.24) is 4.98 Å². The van der Waals surface area contributed by atoms with Crippen molar-refractivity contribution in [2.45, 2.75) is 13.0 Å². The summed E-state index contributed by atoms with van der Waals surface area (Å²) in [6.45, 7) is 1.68. The number of nitro groups is 1. The second-order valence-corrected chi connectivity index (χ2v) is 5.05. The molecular formula is C12H10FN3O4S. The third kappa shape index (κ3) is 3.31. The van der Waals surface area contributed by atoms with Gasteiger partial charge in [0.2, 0.25) is 0 Å². The third-order valence-corrected chi connectivity index (χ3v) is 3.67. The van der Waals surface area contributed by atoms with Crippen molar-refractivity contribution >= 4 is 28.7 Å². The highest BCUT2D eigenvalue weighted by molar-refractivity contribution is 7.09. The molecular weight excluding hydrogens is 301 g/mol. The molecule has 21 heavy (non-hydrogen) atoms. The number of nitrogens with one attached hydrogen (secondary N) is 1. The maximum absolute atomic E-state index is 13.1. The Morgan fingerprint density at radius 1 is 1.57 bits per heavy atom. The number of thiazole rings is 1. The van der Waals surface area contributed by atoms with Crippen molar-refractivity contribution in [1.29, 1.82) is 0 Å². The summed E-state index contributed by atoms with van der Waals surface area (Å²) in [4.78, 5) is 24.9. The lowest BCUT2D eigenvalue weighted by molar-refractivity contribution is -0.384. The fourth-order valence-electron chi connectivity index (χ4n) is 1.66. The highest BCUT2D eigenvalue weighted by Crippen LogP contribution is 2.29. The molecule has 9 heteroatoms. The average Bonchev–Trinajstić information content (AvgIpc) is 2.90. The number of nitro benzene ring substituents is 1. The summed E-state index contributed by atoms with van der Waals surface area (Å²) in [5.41, 5.74) is -0.338. The van der Waals surface area contributed by atoms with E-state index in [0.717, 1.165) is 23.5 Å². The van der Waals surface area contributed by atoms with Crippen LogP contribution in [0.1, 0.15) is 28.5 Å². The van der Waals surface area contributed by atoms with Crippen molar-refractivity contribution in [3.8, 4) is 0 Å². The molecule has 0 saturated carbocycles. The second kappa shape index (κ2) is 5.83. The fraction of sp³-hybridized carbons (Fsp3) is 0.167. The number of carboxylic acids is 1. The Kier molecular flexibility index (Phi) is 4.13. The van der Waals surface area contributed by atoms with Gasteiger partial charge in [0.1, 0.15) is 16.5 Å². The van der Waals surface area contributed by atoms with Gasteiger partial charge in [-0.15, -0.1) is 11.3 Å². The van der Waals surface area contributed by atoms with Crippen LogP contribution >= 0.6 is 11.3 Å². The number of halogens is 1. The number of anilines is 1. The number of hydrogen-bond acceptors (Lipinski definition) is 6. The van der Waals surface area contributed by atoms with Gasteiger partial charge in [0.25, 0.3) is 5.69 Å². The van der Waals surface area contributed by atoms with Gasteiger partial charge in [-0.25, -0.2) is 14.2 Å². The van der Waals surface area contributed by atoms with E-state index >= 15 is 0 Å². The molecule has 0 aliphatic heterocycles. The van der Waals surface area contributed by atoms with Gasteiger partial charge in [-0.2, -0.15) is 0 Å². The molecule has 0 aliphatic carbocycles. The summed E-state index contributed by atoms with van der Waals surface area (Å²) < 4.78 is 13.1. The summed E-state index contributed by atoms with van der Waals surface area (Å²) >= 11 is 1.12. The molecule has 7 nitrogen and oxygen atoms in total. The SMILES string of the molecule is CC(Nc1ccc(F)cc1[N+](=O)[O-])c1nc(C(=O)O)cs1. The molecule has 0 radical (unpaired) electrons. The van der Waals surface area contributed by atoms with Crippen LogP contribution in [0, 0.1) is 15.9 Å². The van der Waals surface area contributed by atoms with Gasteiger partial charge in [0.05, 0.1) is 17.0 Å². The lowest BCUT2D eigenvalue weighted by atomic mass is 10.2. The van der Waals surface area contributed by atoms with E-state index in [0.29, 0.717) is 5.01 Å². The lowest BCUT2D eigenvalue weighted by Gasteiger charge is -2.12. The molecule has 0 aliphatic rings. The Labute approximate surface area is 122 Å². The molecule has 2 rings (SSSR count). The molecule has 0 amide bonds. The van der Waals surface area contributed by atoms with Gasteiger partial charge in [-0.3, -0.25) is 10.1 Å². The molecule has 1 aromatic heterocycles. The molecule has 1 aromatic carbocycles. The monoisotopic (exact) mass is 311 g/mol. The first kappa shape index (κ1) is 14.9. The Morgan fingerprint density at radius 2 is 2.29 bits per heavy atom. The standard InChI is InChI=1S/C12H10FN3O4S/c1-6(11-15-9(5-21-11)12(17)18)14-8-3-2-7(13)4-10(8)16(19)20/h2-6,14H,1H3,(H,17,18). The largest absolute Gasteiger partial charge is 0.476 e. The van der Waals surface area contributed by atoms with E-state index in [9.17, 15) is 19.3 Å². The third-order valence-electron chi connectivity index (χ3n) is 2.64. The molecule has 0 fully saturated rings. The van der Waals surface area contributed by atoms with Crippen LogP contribution in [0.3, 0.4) is 0 Å². The van der Waals surface area contributed by atoms with E-state index in [4.69, 9.17) is 5.11 Å². The van der Waals surface area contributed by atoms with Crippen LogP contribution in [-0.2, 0) is 0 Å². The van der Waals surface area contributed by atoms with Gasteiger partial charge in [-0.05, 0) is 19.1 Å². The number of hydrogen-bond donors (Lipinski definition) is 2. The minimum atomic E-state index is -1.14. The minimum absolute atomic E-state index is 0.0859. The van der Waals surface area contributed by atoms with Crippen LogP contribution in [0.4, 0.5) is 15.8 Å². The van der Waals surface area contributed by atoms with Gasteiger partial charge in [-0.1, -0.05) is 0 Å². The van der Waals surface area contributed by atoms with Gasteiger partial charge >= 0.3 is 5.97 Å². The normalized spacial score (nSPS) is 11.9. The Bertz CT molecular complexity index is 704. The number of rotatable bonds is 5. The van der Waals surface area contributed by atoms with Gasteiger partial charge in [0, 0.05) is 5.38 Å². The van der Waals surface area contributed by atoms with Crippen molar-refractivity contribution < 1.29 is 19.2 Å². The first-order valence-electron chi connectivity index (χ1n) is 5.77. The Morgan fingerprint density at radius 3 is 2.86 bits per heavy atom. The van der Waals surface area contributed by atoms with Crippen LogP contribution < -0.4 is 5.32 Å². The quantitative estimate of drug-likeness (QED) is 0.649. The number of aromatic nitrogens is 1. The van der Waals surface area contributed by atoms with Crippen molar-refractivity contribution in [3.05, 3.63) is 50.2 Å². The zero-order valence-corrected chi connectivity index (χ0v) is 11.6. The molecule has 0 spiro atoms. The highest BCUT2D eigenvalue weighted by atomic mass is 32.1. The zero-order chi connectivity index (χ0) is 15.6. The summed E-state index contributed by atoms with van der Waals surface area (Å²) in [5, 5.41) is 24.4. The molecule has 110 valence electrons. The molecule has 2 aromatic rings. The summed E-state index contributed by atoms with van der Waals surface area (Å²) in [5.74, 6) is -1.85. The zero-order valence-electron chi connectivity index (χ0n) is 10.7. The smallest absolute Gasteiger partial charge is 0.355 e. The first-order valence-corrected chi connectivity index (χ1v) is 6.65. The van der Waals surface area contributed by atoms with Crippen LogP contribution in [0.15, 0.2) is 23.6 Å². The topological polar surface area (TPSA) is 105 Å². The number of nitrogens with zero attached hydrogens (tertiary/aromatic N) is 2. The maximum atomic E-state index is 13.1. The number of aromatic carboxylic acids is 1. The van der Waals surface area contributed by atoms with E-state index in [2.05, 4.69) is 10.3 Å². The molecule has 1 unspecified atom stereocenters. The minimum Gasteiger partial charge on any atom is -0.476 e. The molecule has 0 bridgehead atoms. The number of carboxylic acid groups (broad SMARTS) is 1. The van der Waals surface area contributed by atoms with Gasteiger partial charge < -0.3 is 10.4 Å². The number of benzene rings is 1. The van der Waals surface area contributed by atoms with E-state index in [-0.39, 0.29) is 11.4 Å². The molecule has 1 heterocycles. The van der Waals surface area contributed by atoms with E-state index < -0.39 is 28.4 Å². The lowest BCUT2D eigenvalue weighted by Crippen LogP contribution is -2.09.